The lowest BCUT2D eigenvalue weighted by Crippen LogP contribution is -2.34. The standard InChI is InChI=1S/C9H18N2O2.C5H12O/c1-8(13)9(11-7-12)5-3-4-6-10-2;1-5(2,3)6-4/h7,9-10H,3-6H2,1-2H3,(H,11,12);1-4H3. The first-order valence-corrected chi connectivity index (χ1v) is 6.68. The average molecular weight is 274 g/mol. The number of rotatable bonds is 8. The highest BCUT2D eigenvalue weighted by Crippen LogP contribution is 2.02. The van der Waals surface area contributed by atoms with Gasteiger partial charge in [-0.05, 0) is 60.5 Å². The zero-order valence-corrected chi connectivity index (χ0v) is 13.2. The smallest absolute Gasteiger partial charge is 0.207 e. The Bertz CT molecular complexity index is 237. The van der Waals surface area contributed by atoms with E-state index in [4.69, 9.17) is 4.74 Å². The van der Waals surface area contributed by atoms with Crippen LogP contribution in [0.1, 0.15) is 47.0 Å². The van der Waals surface area contributed by atoms with E-state index in [1.807, 2.05) is 27.8 Å². The number of hydrogen-bond donors (Lipinski definition) is 2. The molecular weight excluding hydrogens is 244 g/mol. The number of hydrogen-bond acceptors (Lipinski definition) is 4. The highest BCUT2D eigenvalue weighted by atomic mass is 16.5. The quantitative estimate of drug-likeness (QED) is 0.520. The number of methoxy groups -OCH3 is 1. The molecule has 114 valence electrons. The van der Waals surface area contributed by atoms with Crippen LogP contribution in [0.4, 0.5) is 0 Å². The van der Waals surface area contributed by atoms with E-state index in [1.165, 1.54) is 6.92 Å². The van der Waals surface area contributed by atoms with E-state index in [9.17, 15) is 9.59 Å². The summed E-state index contributed by atoms with van der Waals surface area (Å²) in [5.41, 5.74) is 0.0417. The van der Waals surface area contributed by atoms with Gasteiger partial charge in [-0.25, -0.2) is 0 Å². The van der Waals surface area contributed by atoms with E-state index in [-0.39, 0.29) is 17.4 Å². The molecule has 1 unspecified atom stereocenters. The maximum Gasteiger partial charge on any atom is 0.207 e. The van der Waals surface area contributed by atoms with Gasteiger partial charge in [-0.15, -0.1) is 0 Å². The van der Waals surface area contributed by atoms with Crippen LogP contribution in [0.5, 0.6) is 0 Å². The van der Waals surface area contributed by atoms with Gasteiger partial charge in [-0.2, -0.15) is 0 Å². The molecule has 0 rings (SSSR count). The maximum atomic E-state index is 11.0. The lowest BCUT2D eigenvalue weighted by atomic mass is 10.1. The Balaban J connectivity index is 0. The van der Waals surface area contributed by atoms with Crippen molar-refractivity contribution in [1.82, 2.24) is 10.6 Å². The summed E-state index contributed by atoms with van der Waals surface area (Å²) < 4.78 is 4.94. The molecule has 0 aromatic carbocycles. The minimum atomic E-state index is -0.297. The Morgan fingerprint density at radius 1 is 1.32 bits per heavy atom. The first-order valence-electron chi connectivity index (χ1n) is 6.68. The van der Waals surface area contributed by atoms with E-state index in [0.717, 1.165) is 25.8 Å². The Kier molecular flexibility index (Phi) is 13.0. The first kappa shape index (κ1) is 20.4. The molecule has 0 bridgehead atoms. The molecule has 0 spiro atoms. The van der Waals surface area contributed by atoms with Gasteiger partial charge in [0.25, 0.3) is 0 Å². The third-order valence-electron chi connectivity index (χ3n) is 2.54. The number of amides is 1. The van der Waals surface area contributed by atoms with Gasteiger partial charge in [0.05, 0.1) is 11.6 Å². The minimum absolute atomic E-state index is 0.0246. The first-order chi connectivity index (χ1) is 8.78. The van der Waals surface area contributed by atoms with Crippen LogP contribution in [0.25, 0.3) is 0 Å². The number of ether oxygens (including phenoxy) is 1. The van der Waals surface area contributed by atoms with E-state index >= 15 is 0 Å². The number of carbonyl (C=O) groups excluding carboxylic acids is 2. The number of nitrogens with one attached hydrogen (secondary N) is 2. The highest BCUT2D eigenvalue weighted by Gasteiger charge is 2.11. The van der Waals surface area contributed by atoms with Gasteiger partial charge >= 0.3 is 0 Å². The summed E-state index contributed by atoms with van der Waals surface area (Å²) in [6, 6.07) is -0.297. The van der Waals surface area contributed by atoms with Crippen molar-refractivity contribution in [1.29, 1.82) is 0 Å². The summed E-state index contributed by atoms with van der Waals surface area (Å²) in [6.45, 7) is 8.51. The second-order valence-corrected chi connectivity index (χ2v) is 5.36. The molecule has 0 aliphatic carbocycles. The van der Waals surface area contributed by atoms with Crippen LogP contribution >= 0.6 is 0 Å². The lowest BCUT2D eigenvalue weighted by molar-refractivity contribution is -0.122. The molecule has 0 radical (unpaired) electrons. The van der Waals surface area contributed by atoms with Crippen LogP contribution in [-0.4, -0.2) is 44.5 Å². The number of carbonyl (C=O) groups is 2. The molecule has 5 heteroatoms. The van der Waals surface area contributed by atoms with Gasteiger partial charge in [0.2, 0.25) is 6.41 Å². The molecule has 0 aliphatic rings. The fourth-order valence-corrected chi connectivity index (χ4v) is 1.14. The maximum absolute atomic E-state index is 11.0. The number of Topliss-reactive ketones (excluding diaryl/α,β-unsaturated/α-hetero) is 1. The Morgan fingerprint density at radius 3 is 2.16 bits per heavy atom. The fourth-order valence-electron chi connectivity index (χ4n) is 1.14. The molecule has 0 saturated carbocycles. The van der Waals surface area contributed by atoms with Gasteiger partial charge in [0.15, 0.2) is 5.78 Å². The highest BCUT2D eigenvalue weighted by molar-refractivity contribution is 5.83. The Labute approximate surface area is 117 Å². The molecule has 5 nitrogen and oxygen atoms in total. The summed E-state index contributed by atoms with van der Waals surface area (Å²) in [6.07, 6.45) is 3.30. The predicted octanol–water partition coefficient (Wildman–Crippen LogP) is 1.51. The molecule has 0 aliphatic heterocycles. The summed E-state index contributed by atoms with van der Waals surface area (Å²) in [5.74, 6) is 0.0246. The fraction of sp³-hybridized carbons (Fsp3) is 0.857. The van der Waals surface area contributed by atoms with Crippen LogP contribution < -0.4 is 10.6 Å². The molecule has 19 heavy (non-hydrogen) atoms. The zero-order valence-electron chi connectivity index (χ0n) is 13.2. The molecular formula is C14H30N2O3. The lowest BCUT2D eigenvalue weighted by Gasteiger charge is -2.14. The van der Waals surface area contributed by atoms with Crippen molar-refractivity contribution in [3.8, 4) is 0 Å². The van der Waals surface area contributed by atoms with Crippen molar-refractivity contribution in [2.24, 2.45) is 0 Å². The van der Waals surface area contributed by atoms with E-state index in [0.29, 0.717) is 6.41 Å². The van der Waals surface area contributed by atoms with Crippen molar-refractivity contribution in [2.45, 2.75) is 58.6 Å². The zero-order chi connectivity index (χ0) is 15.3. The summed E-state index contributed by atoms with van der Waals surface area (Å²) in [4.78, 5) is 21.1. The predicted molar refractivity (Wildman–Crippen MR) is 78.2 cm³/mol. The summed E-state index contributed by atoms with van der Waals surface area (Å²) >= 11 is 0. The molecule has 0 aromatic rings. The molecule has 1 amide bonds. The van der Waals surface area contributed by atoms with Gasteiger partial charge < -0.3 is 15.4 Å². The second kappa shape index (κ2) is 12.1. The number of ketones is 1. The summed E-state index contributed by atoms with van der Waals surface area (Å²) in [7, 11) is 3.60. The molecule has 0 fully saturated rings. The van der Waals surface area contributed by atoms with Crippen LogP contribution in [0.15, 0.2) is 0 Å². The number of unbranched alkanes of at least 4 members (excludes halogenated alkanes) is 1. The van der Waals surface area contributed by atoms with E-state index in [2.05, 4.69) is 10.6 Å². The minimum Gasteiger partial charge on any atom is -0.379 e. The third-order valence-corrected chi connectivity index (χ3v) is 2.54. The van der Waals surface area contributed by atoms with Crippen molar-refractivity contribution in [3.63, 3.8) is 0 Å². The van der Waals surface area contributed by atoms with Crippen molar-refractivity contribution >= 4 is 12.2 Å². The van der Waals surface area contributed by atoms with Crippen LogP contribution in [0.3, 0.4) is 0 Å². The summed E-state index contributed by atoms with van der Waals surface area (Å²) in [5, 5.41) is 5.54. The van der Waals surface area contributed by atoms with Gasteiger partial charge in [0.1, 0.15) is 0 Å². The van der Waals surface area contributed by atoms with Crippen LogP contribution in [0, 0.1) is 0 Å². The van der Waals surface area contributed by atoms with Gasteiger partial charge in [-0.3, -0.25) is 9.59 Å². The van der Waals surface area contributed by atoms with Crippen LogP contribution in [0.2, 0.25) is 0 Å². The molecule has 1 atom stereocenters. The van der Waals surface area contributed by atoms with Crippen molar-refractivity contribution in [3.05, 3.63) is 0 Å². The molecule has 0 aromatic heterocycles. The van der Waals surface area contributed by atoms with E-state index < -0.39 is 0 Å². The average Bonchev–Trinajstić information content (AvgIpc) is 2.33. The van der Waals surface area contributed by atoms with Gasteiger partial charge in [0, 0.05) is 7.11 Å². The SMILES string of the molecule is CNCCCCC(NC=O)C(C)=O.COC(C)(C)C. The third kappa shape index (κ3) is 17.1. The van der Waals surface area contributed by atoms with E-state index in [1.54, 1.807) is 7.11 Å². The molecule has 0 saturated heterocycles. The van der Waals surface area contributed by atoms with Crippen molar-refractivity contribution in [2.75, 3.05) is 20.7 Å². The molecule has 0 heterocycles. The second-order valence-electron chi connectivity index (χ2n) is 5.36. The Morgan fingerprint density at radius 2 is 1.84 bits per heavy atom. The largest absolute Gasteiger partial charge is 0.379 e. The van der Waals surface area contributed by atoms with Gasteiger partial charge in [-0.1, -0.05) is 0 Å². The molecule has 2 N–H and O–H groups in total. The Hall–Kier alpha value is -0.940. The van der Waals surface area contributed by atoms with Crippen molar-refractivity contribution < 1.29 is 14.3 Å². The normalized spacial score (nSPS) is 12.1. The topological polar surface area (TPSA) is 67.4 Å². The monoisotopic (exact) mass is 274 g/mol. The van der Waals surface area contributed by atoms with Crippen LogP contribution in [-0.2, 0) is 14.3 Å².